The van der Waals surface area contributed by atoms with E-state index in [9.17, 15) is 4.79 Å². The summed E-state index contributed by atoms with van der Waals surface area (Å²) in [6, 6.07) is 5.52. The molecule has 0 unspecified atom stereocenters. The van der Waals surface area contributed by atoms with Gasteiger partial charge in [0.1, 0.15) is 0 Å². The summed E-state index contributed by atoms with van der Waals surface area (Å²) in [5.74, 6) is 1.50. The molecule has 0 bridgehead atoms. The summed E-state index contributed by atoms with van der Waals surface area (Å²) in [7, 11) is 0. The minimum atomic E-state index is -0.457. The number of benzene rings is 1. The first kappa shape index (κ1) is 13.7. The molecular formula is C14H16N2O5. The lowest BCUT2D eigenvalue weighted by Crippen LogP contribution is -2.41. The zero-order valence-electron chi connectivity index (χ0n) is 11.7. The minimum Gasteiger partial charge on any atom is -0.454 e. The van der Waals surface area contributed by atoms with Crippen molar-refractivity contribution in [3.8, 4) is 11.5 Å². The molecule has 0 aromatic heterocycles. The first-order chi connectivity index (χ1) is 10.2. The zero-order chi connectivity index (χ0) is 14.7. The Morgan fingerprint density at radius 1 is 1.24 bits per heavy atom. The predicted octanol–water partition coefficient (Wildman–Crippen LogP) is 0.972. The number of oxime groups is 1. The molecule has 7 heteroatoms. The van der Waals surface area contributed by atoms with E-state index in [1.807, 2.05) is 23.1 Å². The molecule has 2 aliphatic rings. The van der Waals surface area contributed by atoms with Crippen LogP contribution in [0.15, 0.2) is 23.4 Å². The molecule has 0 saturated carbocycles. The van der Waals surface area contributed by atoms with Gasteiger partial charge in [-0.15, -0.1) is 0 Å². The fourth-order valence-corrected chi connectivity index (χ4v) is 2.21. The highest BCUT2D eigenvalue weighted by Crippen LogP contribution is 2.33. The summed E-state index contributed by atoms with van der Waals surface area (Å²) in [5.41, 5.74) is 0.808. The molecule has 0 amide bonds. The average Bonchev–Trinajstić information content (AvgIpc) is 2.96. The number of fused-ring (bicyclic) bond motifs is 1. The lowest BCUT2D eigenvalue weighted by molar-refractivity contribution is -0.141. The van der Waals surface area contributed by atoms with Gasteiger partial charge >= 0.3 is 5.97 Å². The van der Waals surface area contributed by atoms with Crippen LogP contribution in [0.3, 0.4) is 0 Å². The van der Waals surface area contributed by atoms with Crippen LogP contribution in [0.25, 0.3) is 0 Å². The Morgan fingerprint density at radius 3 is 2.76 bits per heavy atom. The Kier molecular flexibility index (Phi) is 3.92. The number of carbonyl (C=O) groups is 1. The molecule has 0 atom stereocenters. The molecule has 1 saturated heterocycles. The maximum atomic E-state index is 11.0. The standard InChI is InChI=1S/C14H16N2O5/c1-10(17)21-15-14(16-4-6-18-7-5-16)11-2-3-12-13(8-11)20-9-19-12/h2-3,8H,4-7,9H2,1H3/b15-14+. The SMILES string of the molecule is CC(=O)O/N=C(\c1ccc2c(c1)OCO2)N1CCOCC1. The number of hydrogen-bond acceptors (Lipinski definition) is 6. The van der Waals surface area contributed by atoms with E-state index in [-0.39, 0.29) is 6.79 Å². The quantitative estimate of drug-likeness (QED) is 0.350. The van der Waals surface area contributed by atoms with E-state index in [0.717, 1.165) is 5.56 Å². The van der Waals surface area contributed by atoms with Gasteiger partial charge in [-0.25, -0.2) is 4.79 Å². The number of rotatable bonds is 2. The van der Waals surface area contributed by atoms with Crippen LogP contribution in [0, 0.1) is 0 Å². The van der Waals surface area contributed by atoms with Crippen molar-refractivity contribution in [2.45, 2.75) is 6.92 Å². The van der Waals surface area contributed by atoms with Crippen molar-refractivity contribution >= 4 is 11.8 Å². The van der Waals surface area contributed by atoms with Gasteiger partial charge < -0.3 is 23.9 Å². The number of hydrogen-bond donors (Lipinski definition) is 0. The van der Waals surface area contributed by atoms with Gasteiger partial charge in [0.15, 0.2) is 17.3 Å². The third-order valence-corrected chi connectivity index (χ3v) is 3.20. The van der Waals surface area contributed by atoms with Crippen LogP contribution in [0.4, 0.5) is 0 Å². The van der Waals surface area contributed by atoms with E-state index in [0.29, 0.717) is 43.6 Å². The molecule has 0 spiro atoms. The summed E-state index contributed by atoms with van der Waals surface area (Å²) < 4.78 is 16.0. The molecule has 2 aliphatic heterocycles. The number of carbonyl (C=O) groups excluding carboxylic acids is 1. The van der Waals surface area contributed by atoms with Crippen molar-refractivity contribution in [3.05, 3.63) is 23.8 Å². The smallest absolute Gasteiger partial charge is 0.332 e. The Morgan fingerprint density at radius 2 is 2.00 bits per heavy atom. The van der Waals surface area contributed by atoms with Crippen molar-refractivity contribution in [1.29, 1.82) is 0 Å². The highest BCUT2D eigenvalue weighted by Gasteiger charge is 2.21. The fraction of sp³-hybridized carbons (Fsp3) is 0.429. The number of nitrogens with zero attached hydrogens (tertiary/aromatic N) is 2. The number of ether oxygens (including phenoxy) is 3. The van der Waals surface area contributed by atoms with E-state index in [1.54, 1.807) is 0 Å². The average molecular weight is 292 g/mol. The zero-order valence-corrected chi connectivity index (χ0v) is 11.7. The van der Waals surface area contributed by atoms with Crippen LogP contribution >= 0.6 is 0 Å². The van der Waals surface area contributed by atoms with Crippen LogP contribution in [0.2, 0.25) is 0 Å². The maximum Gasteiger partial charge on any atom is 0.332 e. The van der Waals surface area contributed by atoms with Gasteiger partial charge in [0, 0.05) is 25.6 Å². The molecule has 112 valence electrons. The second-order valence-corrected chi connectivity index (χ2v) is 4.67. The molecule has 0 N–H and O–H groups in total. The van der Waals surface area contributed by atoms with Crippen LogP contribution in [-0.2, 0) is 14.4 Å². The van der Waals surface area contributed by atoms with Crippen molar-refractivity contribution in [2.75, 3.05) is 33.1 Å². The van der Waals surface area contributed by atoms with E-state index in [2.05, 4.69) is 5.16 Å². The van der Waals surface area contributed by atoms with Gasteiger partial charge in [-0.1, -0.05) is 5.16 Å². The highest BCUT2D eigenvalue weighted by molar-refractivity contribution is 5.99. The summed E-state index contributed by atoms with van der Waals surface area (Å²) >= 11 is 0. The normalized spacial score (nSPS) is 17.8. The largest absolute Gasteiger partial charge is 0.454 e. The third kappa shape index (κ3) is 3.08. The molecule has 1 aromatic rings. The van der Waals surface area contributed by atoms with Crippen LogP contribution in [0.5, 0.6) is 11.5 Å². The second-order valence-electron chi connectivity index (χ2n) is 4.67. The lowest BCUT2D eigenvalue weighted by atomic mass is 10.1. The topological polar surface area (TPSA) is 69.6 Å². The summed E-state index contributed by atoms with van der Waals surface area (Å²) in [4.78, 5) is 17.9. The Hall–Kier alpha value is -2.28. The van der Waals surface area contributed by atoms with Gasteiger partial charge in [0.05, 0.1) is 13.2 Å². The second kappa shape index (κ2) is 6.01. The van der Waals surface area contributed by atoms with Crippen molar-refractivity contribution in [1.82, 2.24) is 4.90 Å². The van der Waals surface area contributed by atoms with Gasteiger partial charge in [-0.05, 0) is 18.2 Å². The van der Waals surface area contributed by atoms with Gasteiger partial charge in [-0.3, -0.25) is 0 Å². The Labute approximate surface area is 122 Å². The lowest BCUT2D eigenvalue weighted by Gasteiger charge is -2.29. The molecule has 1 fully saturated rings. The highest BCUT2D eigenvalue weighted by atomic mass is 16.7. The van der Waals surface area contributed by atoms with Crippen LogP contribution < -0.4 is 9.47 Å². The summed E-state index contributed by atoms with van der Waals surface area (Å²) in [6.07, 6.45) is 0. The molecular weight excluding hydrogens is 276 g/mol. The van der Waals surface area contributed by atoms with E-state index < -0.39 is 5.97 Å². The molecule has 1 aromatic carbocycles. The number of morpholine rings is 1. The predicted molar refractivity (Wildman–Crippen MR) is 73.3 cm³/mol. The minimum absolute atomic E-state index is 0.215. The fourth-order valence-electron chi connectivity index (χ4n) is 2.21. The Balaban J connectivity index is 1.90. The summed E-state index contributed by atoms with van der Waals surface area (Å²) in [6.45, 7) is 4.14. The Bertz CT molecular complexity index is 566. The molecule has 2 heterocycles. The van der Waals surface area contributed by atoms with Gasteiger partial charge in [-0.2, -0.15) is 0 Å². The molecule has 3 rings (SSSR count). The maximum absolute atomic E-state index is 11.0. The van der Waals surface area contributed by atoms with Crippen LogP contribution in [-0.4, -0.2) is 49.8 Å². The van der Waals surface area contributed by atoms with E-state index in [1.165, 1.54) is 6.92 Å². The molecule has 21 heavy (non-hydrogen) atoms. The third-order valence-electron chi connectivity index (χ3n) is 3.20. The van der Waals surface area contributed by atoms with Gasteiger partial charge in [0.25, 0.3) is 0 Å². The monoisotopic (exact) mass is 292 g/mol. The molecule has 7 nitrogen and oxygen atoms in total. The number of amidine groups is 1. The van der Waals surface area contributed by atoms with Crippen molar-refractivity contribution in [3.63, 3.8) is 0 Å². The van der Waals surface area contributed by atoms with Crippen LogP contribution in [0.1, 0.15) is 12.5 Å². The first-order valence-electron chi connectivity index (χ1n) is 6.72. The summed E-state index contributed by atoms with van der Waals surface area (Å²) in [5, 5.41) is 3.98. The van der Waals surface area contributed by atoms with E-state index >= 15 is 0 Å². The first-order valence-corrected chi connectivity index (χ1v) is 6.72. The van der Waals surface area contributed by atoms with Crippen molar-refractivity contribution < 1.29 is 23.8 Å². The molecule has 0 radical (unpaired) electrons. The van der Waals surface area contributed by atoms with Gasteiger partial charge in [0.2, 0.25) is 6.79 Å². The van der Waals surface area contributed by atoms with Crippen molar-refractivity contribution in [2.24, 2.45) is 5.16 Å². The van der Waals surface area contributed by atoms with E-state index in [4.69, 9.17) is 19.0 Å². The molecule has 0 aliphatic carbocycles.